The Bertz CT molecular complexity index is 351. The van der Waals surface area contributed by atoms with E-state index in [0.29, 0.717) is 6.42 Å². The number of rotatable bonds is 6. The molecule has 0 spiro atoms. The molecule has 1 heterocycles. The Balaban J connectivity index is 2.53. The summed E-state index contributed by atoms with van der Waals surface area (Å²) in [4.78, 5) is 19.6. The van der Waals surface area contributed by atoms with Crippen LogP contribution in [0.1, 0.15) is 31.2 Å². The standard InChI is InChI=1S/C12H19N3O2/c1-3-4-5-11-14-7-9(8-15-11)6-10(13)12(16)17-2/h7-8,10H,3-6,13H2,1-2H3. The maximum absolute atomic E-state index is 11.1. The molecule has 2 N–H and O–H groups in total. The number of hydrogen-bond acceptors (Lipinski definition) is 5. The Morgan fingerprint density at radius 3 is 2.65 bits per heavy atom. The molecular formula is C12H19N3O2. The summed E-state index contributed by atoms with van der Waals surface area (Å²) in [7, 11) is 1.33. The summed E-state index contributed by atoms with van der Waals surface area (Å²) < 4.78 is 4.56. The molecule has 1 aromatic heterocycles. The van der Waals surface area contributed by atoms with Crippen LogP contribution in [0.25, 0.3) is 0 Å². The lowest BCUT2D eigenvalue weighted by molar-refractivity contribution is -0.142. The van der Waals surface area contributed by atoms with Gasteiger partial charge < -0.3 is 10.5 Å². The third-order valence-corrected chi connectivity index (χ3v) is 2.47. The van der Waals surface area contributed by atoms with E-state index in [9.17, 15) is 4.79 Å². The first-order valence-electron chi connectivity index (χ1n) is 5.80. The second-order valence-corrected chi connectivity index (χ2v) is 3.94. The highest BCUT2D eigenvalue weighted by Gasteiger charge is 2.14. The van der Waals surface area contributed by atoms with Crippen LogP contribution >= 0.6 is 0 Å². The van der Waals surface area contributed by atoms with Gasteiger partial charge >= 0.3 is 5.97 Å². The van der Waals surface area contributed by atoms with E-state index < -0.39 is 12.0 Å². The summed E-state index contributed by atoms with van der Waals surface area (Å²) >= 11 is 0. The Hall–Kier alpha value is -1.49. The molecule has 5 heteroatoms. The molecule has 0 radical (unpaired) electrons. The van der Waals surface area contributed by atoms with E-state index in [0.717, 1.165) is 30.7 Å². The molecule has 1 unspecified atom stereocenters. The number of hydrogen-bond donors (Lipinski definition) is 1. The Morgan fingerprint density at radius 1 is 1.47 bits per heavy atom. The van der Waals surface area contributed by atoms with E-state index in [-0.39, 0.29) is 0 Å². The molecule has 1 aromatic rings. The normalized spacial score (nSPS) is 12.2. The fourth-order valence-electron chi connectivity index (χ4n) is 1.44. The van der Waals surface area contributed by atoms with Gasteiger partial charge in [-0.2, -0.15) is 0 Å². The average molecular weight is 237 g/mol. The van der Waals surface area contributed by atoms with E-state index in [1.807, 2.05) is 0 Å². The maximum Gasteiger partial charge on any atom is 0.322 e. The quantitative estimate of drug-likeness (QED) is 0.742. The van der Waals surface area contributed by atoms with Crippen LogP contribution in [0.5, 0.6) is 0 Å². The van der Waals surface area contributed by atoms with Crippen LogP contribution in [0.4, 0.5) is 0 Å². The number of unbranched alkanes of at least 4 members (excludes halogenated alkanes) is 1. The fraction of sp³-hybridized carbons (Fsp3) is 0.583. The van der Waals surface area contributed by atoms with Crippen LogP contribution in [-0.2, 0) is 22.4 Å². The van der Waals surface area contributed by atoms with Crippen molar-refractivity contribution < 1.29 is 9.53 Å². The van der Waals surface area contributed by atoms with Crippen LogP contribution in [0.2, 0.25) is 0 Å². The Kier molecular flexibility index (Phi) is 5.56. The Morgan fingerprint density at radius 2 is 2.12 bits per heavy atom. The van der Waals surface area contributed by atoms with E-state index in [4.69, 9.17) is 5.73 Å². The summed E-state index contributed by atoms with van der Waals surface area (Å²) in [6.45, 7) is 2.13. The third-order valence-electron chi connectivity index (χ3n) is 2.47. The van der Waals surface area contributed by atoms with Crippen molar-refractivity contribution >= 4 is 5.97 Å². The molecule has 0 saturated carbocycles. The zero-order chi connectivity index (χ0) is 12.7. The molecule has 0 amide bonds. The number of esters is 1. The monoisotopic (exact) mass is 237 g/mol. The van der Waals surface area contributed by atoms with Gasteiger partial charge in [-0.15, -0.1) is 0 Å². The van der Waals surface area contributed by atoms with Crippen molar-refractivity contribution in [3.05, 3.63) is 23.8 Å². The van der Waals surface area contributed by atoms with Crippen LogP contribution in [0.3, 0.4) is 0 Å². The van der Waals surface area contributed by atoms with E-state index in [1.165, 1.54) is 7.11 Å². The zero-order valence-corrected chi connectivity index (χ0v) is 10.3. The summed E-state index contributed by atoms with van der Waals surface area (Å²) in [5.41, 5.74) is 6.50. The van der Waals surface area contributed by atoms with Crippen molar-refractivity contribution in [1.29, 1.82) is 0 Å². The molecular weight excluding hydrogens is 218 g/mol. The largest absolute Gasteiger partial charge is 0.468 e. The second kappa shape index (κ2) is 6.96. The van der Waals surface area contributed by atoms with Gasteiger partial charge in [-0.1, -0.05) is 13.3 Å². The number of carbonyl (C=O) groups excluding carboxylic acids is 1. The molecule has 5 nitrogen and oxygen atoms in total. The van der Waals surface area contributed by atoms with Gasteiger partial charge in [-0.25, -0.2) is 9.97 Å². The molecule has 0 saturated heterocycles. The number of ether oxygens (including phenoxy) is 1. The summed E-state index contributed by atoms with van der Waals surface area (Å²) in [6.07, 6.45) is 6.95. The molecule has 0 aliphatic carbocycles. The summed E-state index contributed by atoms with van der Waals surface area (Å²) in [5, 5.41) is 0. The maximum atomic E-state index is 11.1. The average Bonchev–Trinajstić information content (AvgIpc) is 2.37. The molecule has 17 heavy (non-hydrogen) atoms. The minimum atomic E-state index is -0.648. The molecule has 0 aromatic carbocycles. The Labute approximate surface area is 101 Å². The van der Waals surface area contributed by atoms with Gasteiger partial charge in [0.1, 0.15) is 11.9 Å². The third kappa shape index (κ3) is 4.48. The number of methoxy groups -OCH3 is 1. The highest BCUT2D eigenvalue weighted by atomic mass is 16.5. The van der Waals surface area contributed by atoms with Crippen LogP contribution in [0, 0.1) is 0 Å². The summed E-state index contributed by atoms with van der Waals surface area (Å²) in [6, 6.07) is -0.648. The minimum absolute atomic E-state index is 0.404. The lowest BCUT2D eigenvalue weighted by Gasteiger charge is -2.08. The van der Waals surface area contributed by atoms with Gasteiger partial charge in [0, 0.05) is 25.2 Å². The SMILES string of the molecule is CCCCc1ncc(CC(N)C(=O)OC)cn1. The first-order valence-corrected chi connectivity index (χ1v) is 5.80. The number of nitrogens with two attached hydrogens (primary N) is 1. The van der Waals surface area contributed by atoms with Crippen LogP contribution in [-0.4, -0.2) is 29.1 Å². The first-order chi connectivity index (χ1) is 8.17. The minimum Gasteiger partial charge on any atom is -0.468 e. The molecule has 1 rings (SSSR count). The molecule has 0 aliphatic rings. The van der Waals surface area contributed by atoms with Crippen molar-refractivity contribution in [2.45, 2.75) is 38.6 Å². The first kappa shape index (κ1) is 13.6. The van der Waals surface area contributed by atoms with Crippen molar-refractivity contribution in [2.24, 2.45) is 5.73 Å². The molecule has 0 fully saturated rings. The smallest absolute Gasteiger partial charge is 0.322 e. The van der Waals surface area contributed by atoms with Crippen molar-refractivity contribution in [3.8, 4) is 0 Å². The lowest BCUT2D eigenvalue weighted by Crippen LogP contribution is -2.33. The van der Waals surface area contributed by atoms with E-state index in [2.05, 4.69) is 21.6 Å². The van der Waals surface area contributed by atoms with Crippen molar-refractivity contribution in [3.63, 3.8) is 0 Å². The van der Waals surface area contributed by atoms with E-state index in [1.54, 1.807) is 12.4 Å². The number of aryl methyl sites for hydroxylation is 1. The topological polar surface area (TPSA) is 78.1 Å². The predicted molar refractivity (Wildman–Crippen MR) is 64.3 cm³/mol. The zero-order valence-electron chi connectivity index (χ0n) is 10.3. The van der Waals surface area contributed by atoms with E-state index >= 15 is 0 Å². The van der Waals surface area contributed by atoms with Gasteiger partial charge in [-0.3, -0.25) is 4.79 Å². The second-order valence-electron chi connectivity index (χ2n) is 3.94. The molecule has 1 atom stereocenters. The fourth-order valence-corrected chi connectivity index (χ4v) is 1.44. The number of aromatic nitrogens is 2. The van der Waals surface area contributed by atoms with Crippen LogP contribution < -0.4 is 5.73 Å². The van der Waals surface area contributed by atoms with Gasteiger partial charge in [0.25, 0.3) is 0 Å². The van der Waals surface area contributed by atoms with Crippen molar-refractivity contribution in [2.75, 3.05) is 7.11 Å². The van der Waals surface area contributed by atoms with Gasteiger partial charge in [0.15, 0.2) is 0 Å². The highest BCUT2D eigenvalue weighted by Crippen LogP contribution is 2.03. The van der Waals surface area contributed by atoms with Gasteiger partial charge in [0.05, 0.1) is 7.11 Å². The number of nitrogens with zero attached hydrogens (tertiary/aromatic N) is 2. The number of carbonyl (C=O) groups is 1. The molecule has 94 valence electrons. The van der Waals surface area contributed by atoms with Crippen LogP contribution in [0.15, 0.2) is 12.4 Å². The summed E-state index contributed by atoms with van der Waals surface area (Å²) in [5.74, 6) is 0.419. The van der Waals surface area contributed by atoms with Gasteiger partial charge in [0.2, 0.25) is 0 Å². The molecule has 0 bridgehead atoms. The van der Waals surface area contributed by atoms with Gasteiger partial charge in [-0.05, 0) is 12.0 Å². The molecule has 0 aliphatic heterocycles. The lowest BCUT2D eigenvalue weighted by atomic mass is 10.1. The predicted octanol–water partition coefficient (Wildman–Crippen LogP) is 0.862. The van der Waals surface area contributed by atoms with Crippen molar-refractivity contribution in [1.82, 2.24) is 9.97 Å². The highest BCUT2D eigenvalue weighted by molar-refractivity contribution is 5.75.